The lowest BCUT2D eigenvalue weighted by molar-refractivity contribution is -0.138. The monoisotopic (exact) mass is 335 g/mol. The highest BCUT2D eigenvalue weighted by Gasteiger charge is 2.34. The third kappa shape index (κ3) is 3.23. The first-order chi connectivity index (χ1) is 8.88. The minimum absolute atomic E-state index is 0.362. The van der Waals surface area contributed by atoms with Crippen molar-refractivity contribution in [3.05, 3.63) is 52.4 Å². The van der Waals surface area contributed by atoms with E-state index in [0.717, 1.165) is 18.2 Å². The van der Waals surface area contributed by atoms with Crippen LogP contribution in [-0.2, 0) is 6.18 Å². The van der Waals surface area contributed by atoms with Gasteiger partial charge in [0.15, 0.2) is 5.82 Å². The lowest BCUT2D eigenvalue weighted by Gasteiger charge is -2.13. The van der Waals surface area contributed by atoms with Crippen molar-refractivity contribution in [3.63, 3.8) is 0 Å². The van der Waals surface area contributed by atoms with Gasteiger partial charge < -0.3 is 4.74 Å². The van der Waals surface area contributed by atoms with Crippen LogP contribution in [0.5, 0.6) is 11.6 Å². The second kappa shape index (κ2) is 5.16. The number of para-hydroxylation sites is 1. The Balaban J connectivity index is 2.39. The van der Waals surface area contributed by atoms with Gasteiger partial charge in [-0.2, -0.15) is 13.2 Å². The van der Waals surface area contributed by atoms with Gasteiger partial charge in [0.1, 0.15) is 5.75 Å². The molecule has 0 unspecified atom stereocenters. The van der Waals surface area contributed by atoms with Gasteiger partial charge in [-0.3, -0.25) is 0 Å². The van der Waals surface area contributed by atoms with Crippen molar-refractivity contribution in [2.75, 3.05) is 0 Å². The zero-order valence-corrected chi connectivity index (χ0v) is 10.8. The van der Waals surface area contributed by atoms with Gasteiger partial charge in [0.05, 0.1) is 5.56 Å². The second-order valence-corrected chi connectivity index (χ2v) is 4.45. The standard InChI is InChI=1S/C12H6BrF4NO/c13-7-5-9(14)11(18-6-7)19-10-4-2-1-3-8(10)12(15,16)17/h1-6H. The lowest BCUT2D eigenvalue weighted by atomic mass is 10.2. The van der Waals surface area contributed by atoms with E-state index >= 15 is 0 Å². The van der Waals surface area contributed by atoms with Crippen molar-refractivity contribution in [1.29, 1.82) is 0 Å². The minimum Gasteiger partial charge on any atom is -0.436 e. The zero-order valence-electron chi connectivity index (χ0n) is 9.21. The van der Waals surface area contributed by atoms with E-state index in [1.165, 1.54) is 18.3 Å². The van der Waals surface area contributed by atoms with Crippen LogP contribution in [0.3, 0.4) is 0 Å². The van der Waals surface area contributed by atoms with Crippen LogP contribution in [0.25, 0.3) is 0 Å². The molecule has 19 heavy (non-hydrogen) atoms. The molecule has 0 atom stereocenters. The molecule has 0 radical (unpaired) electrons. The van der Waals surface area contributed by atoms with E-state index in [4.69, 9.17) is 4.74 Å². The smallest absolute Gasteiger partial charge is 0.419 e. The molecule has 1 heterocycles. The van der Waals surface area contributed by atoms with Crippen LogP contribution in [0.4, 0.5) is 17.6 Å². The maximum atomic E-state index is 13.5. The van der Waals surface area contributed by atoms with Crippen LogP contribution >= 0.6 is 15.9 Å². The van der Waals surface area contributed by atoms with E-state index in [1.54, 1.807) is 0 Å². The molecule has 7 heteroatoms. The number of aromatic nitrogens is 1. The summed E-state index contributed by atoms with van der Waals surface area (Å²) in [6, 6.07) is 5.60. The Hall–Kier alpha value is -1.63. The van der Waals surface area contributed by atoms with Crippen LogP contribution in [-0.4, -0.2) is 4.98 Å². The molecule has 0 spiro atoms. The first-order valence-corrected chi connectivity index (χ1v) is 5.82. The molecule has 0 bridgehead atoms. The van der Waals surface area contributed by atoms with Crippen molar-refractivity contribution in [2.45, 2.75) is 6.18 Å². The van der Waals surface area contributed by atoms with Gasteiger partial charge in [0, 0.05) is 10.7 Å². The average molecular weight is 336 g/mol. The molecule has 0 aliphatic rings. The van der Waals surface area contributed by atoms with E-state index in [1.807, 2.05) is 0 Å². The SMILES string of the molecule is Fc1cc(Br)cnc1Oc1ccccc1C(F)(F)F. The molecule has 0 aliphatic carbocycles. The maximum absolute atomic E-state index is 13.5. The summed E-state index contributed by atoms with van der Waals surface area (Å²) in [5.41, 5.74) is -0.987. The first kappa shape index (κ1) is 13.8. The third-order valence-electron chi connectivity index (χ3n) is 2.17. The number of alkyl halides is 3. The van der Waals surface area contributed by atoms with E-state index in [2.05, 4.69) is 20.9 Å². The van der Waals surface area contributed by atoms with E-state index in [9.17, 15) is 17.6 Å². The molecule has 0 fully saturated rings. The number of halogens is 5. The van der Waals surface area contributed by atoms with Gasteiger partial charge in [-0.1, -0.05) is 12.1 Å². The molecule has 2 aromatic rings. The maximum Gasteiger partial charge on any atom is 0.419 e. The Bertz CT molecular complexity index is 601. The molecule has 1 aromatic carbocycles. The molecular weight excluding hydrogens is 330 g/mol. The van der Waals surface area contributed by atoms with Crippen LogP contribution in [0.1, 0.15) is 5.56 Å². The quantitative estimate of drug-likeness (QED) is 0.736. The van der Waals surface area contributed by atoms with E-state index in [-0.39, 0.29) is 0 Å². The van der Waals surface area contributed by atoms with Crippen LogP contribution in [0.2, 0.25) is 0 Å². The summed E-state index contributed by atoms with van der Waals surface area (Å²) in [4.78, 5) is 3.58. The molecule has 0 aliphatic heterocycles. The summed E-state index contributed by atoms with van der Waals surface area (Å²) < 4.78 is 56.9. The van der Waals surface area contributed by atoms with Crippen molar-refractivity contribution < 1.29 is 22.3 Å². The minimum atomic E-state index is -4.58. The summed E-state index contributed by atoms with van der Waals surface area (Å²) in [5, 5.41) is 0. The number of benzene rings is 1. The van der Waals surface area contributed by atoms with Gasteiger partial charge in [0.25, 0.3) is 5.88 Å². The topological polar surface area (TPSA) is 22.1 Å². The molecular formula is C12H6BrF4NO. The van der Waals surface area contributed by atoms with Crippen LogP contribution < -0.4 is 4.74 Å². The van der Waals surface area contributed by atoms with Crippen molar-refractivity contribution in [2.24, 2.45) is 0 Å². The van der Waals surface area contributed by atoms with Gasteiger partial charge >= 0.3 is 6.18 Å². The van der Waals surface area contributed by atoms with Gasteiger partial charge in [-0.25, -0.2) is 9.37 Å². The summed E-state index contributed by atoms with van der Waals surface area (Å²) in [7, 11) is 0. The number of hydrogen-bond acceptors (Lipinski definition) is 2. The average Bonchev–Trinajstić information content (AvgIpc) is 2.32. The first-order valence-electron chi connectivity index (χ1n) is 5.03. The molecule has 0 amide bonds. The predicted octanol–water partition coefficient (Wildman–Crippen LogP) is 4.79. The van der Waals surface area contributed by atoms with Crippen molar-refractivity contribution in [1.82, 2.24) is 4.98 Å². The Morgan fingerprint density at radius 3 is 2.47 bits per heavy atom. The number of ether oxygens (including phenoxy) is 1. The van der Waals surface area contributed by atoms with Crippen molar-refractivity contribution in [3.8, 4) is 11.6 Å². The fourth-order valence-electron chi connectivity index (χ4n) is 1.37. The highest BCUT2D eigenvalue weighted by Crippen LogP contribution is 2.38. The van der Waals surface area contributed by atoms with Crippen molar-refractivity contribution >= 4 is 15.9 Å². The largest absolute Gasteiger partial charge is 0.436 e. The predicted molar refractivity (Wildman–Crippen MR) is 63.4 cm³/mol. The number of hydrogen-bond donors (Lipinski definition) is 0. The molecule has 100 valence electrons. The van der Waals surface area contributed by atoms with Crippen LogP contribution in [0, 0.1) is 5.82 Å². The lowest BCUT2D eigenvalue weighted by Crippen LogP contribution is -2.07. The highest BCUT2D eigenvalue weighted by atomic mass is 79.9. The summed E-state index contributed by atoms with van der Waals surface area (Å²) >= 11 is 2.99. The Kier molecular flexibility index (Phi) is 3.75. The molecule has 2 nitrogen and oxygen atoms in total. The van der Waals surface area contributed by atoms with Gasteiger partial charge in [0.2, 0.25) is 0 Å². The van der Waals surface area contributed by atoms with E-state index < -0.39 is 29.2 Å². The molecule has 1 aromatic heterocycles. The third-order valence-corrected chi connectivity index (χ3v) is 2.61. The molecule has 2 rings (SSSR count). The summed E-state index contributed by atoms with van der Waals surface area (Å²) in [6.45, 7) is 0. The normalized spacial score (nSPS) is 11.4. The molecule has 0 saturated heterocycles. The van der Waals surface area contributed by atoms with E-state index in [0.29, 0.717) is 4.47 Å². The fraction of sp³-hybridized carbons (Fsp3) is 0.0833. The molecule has 0 N–H and O–H groups in total. The second-order valence-electron chi connectivity index (χ2n) is 3.54. The number of rotatable bonds is 2. The Labute approximate surface area is 114 Å². The van der Waals surface area contributed by atoms with Gasteiger partial charge in [-0.15, -0.1) is 0 Å². The fourth-order valence-corrected chi connectivity index (χ4v) is 1.67. The number of pyridine rings is 1. The Morgan fingerprint density at radius 1 is 1.16 bits per heavy atom. The number of nitrogens with zero attached hydrogens (tertiary/aromatic N) is 1. The highest BCUT2D eigenvalue weighted by molar-refractivity contribution is 9.10. The summed E-state index contributed by atoms with van der Waals surface area (Å²) in [5.74, 6) is -1.87. The summed E-state index contributed by atoms with van der Waals surface area (Å²) in [6.07, 6.45) is -3.35. The molecule has 0 saturated carbocycles. The van der Waals surface area contributed by atoms with Gasteiger partial charge in [-0.05, 0) is 34.1 Å². The Morgan fingerprint density at radius 2 is 1.84 bits per heavy atom. The zero-order chi connectivity index (χ0) is 14.0. The van der Waals surface area contributed by atoms with Crippen LogP contribution in [0.15, 0.2) is 41.0 Å².